The highest BCUT2D eigenvalue weighted by molar-refractivity contribution is 5.45. The van der Waals surface area contributed by atoms with E-state index in [0.29, 0.717) is 6.79 Å². The highest BCUT2D eigenvalue weighted by Crippen LogP contribution is 2.34. The SMILES string of the molecule is Cc1nn(C)cc1CNC(C)c1ccc2c(c1)OCO2. The summed E-state index contributed by atoms with van der Waals surface area (Å²) in [6.45, 7) is 5.29. The van der Waals surface area contributed by atoms with Gasteiger partial charge in [0, 0.05) is 31.4 Å². The Bertz CT molecular complexity index is 622. The van der Waals surface area contributed by atoms with Crippen LogP contribution in [0.3, 0.4) is 0 Å². The van der Waals surface area contributed by atoms with Crippen LogP contribution in [-0.2, 0) is 13.6 Å². The van der Waals surface area contributed by atoms with Crippen LogP contribution in [-0.4, -0.2) is 16.6 Å². The number of hydrogen-bond donors (Lipinski definition) is 1. The number of aryl methyl sites for hydroxylation is 2. The van der Waals surface area contributed by atoms with E-state index >= 15 is 0 Å². The molecule has 1 aromatic heterocycles. The summed E-state index contributed by atoms with van der Waals surface area (Å²) in [5.41, 5.74) is 3.48. The molecule has 0 bridgehead atoms. The third kappa shape index (κ3) is 2.49. The standard InChI is InChI=1S/C15H19N3O2/c1-10(16-7-13-8-18(3)17-11(13)2)12-4-5-14-15(6-12)20-9-19-14/h4-6,8,10,16H,7,9H2,1-3H3. The van der Waals surface area contributed by atoms with Crippen LogP contribution in [0.25, 0.3) is 0 Å². The van der Waals surface area contributed by atoms with Gasteiger partial charge in [-0.15, -0.1) is 0 Å². The molecule has 0 aliphatic carbocycles. The van der Waals surface area contributed by atoms with Crippen LogP contribution in [0.4, 0.5) is 0 Å². The fourth-order valence-electron chi connectivity index (χ4n) is 2.39. The van der Waals surface area contributed by atoms with E-state index in [0.717, 1.165) is 23.7 Å². The molecule has 5 heteroatoms. The topological polar surface area (TPSA) is 48.3 Å². The molecule has 0 amide bonds. The van der Waals surface area contributed by atoms with Crippen LogP contribution in [0.2, 0.25) is 0 Å². The summed E-state index contributed by atoms with van der Waals surface area (Å²) in [5, 5.41) is 7.86. The molecule has 0 saturated carbocycles. The monoisotopic (exact) mass is 273 g/mol. The predicted octanol–water partition coefficient (Wildman–Crippen LogP) is 2.31. The van der Waals surface area contributed by atoms with E-state index in [4.69, 9.17) is 9.47 Å². The Labute approximate surface area is 118 Å². The van der Waals surface area contributed by atoms with E-state index in [1.165, 1.54) is 11.1 Å². The summed E-state index contributed by atoms with van der Waals surface area (Å²) in [6, 6.07) is 6.31. The Balaban J connectivity index is 1.67. The van der Waals surface area contributed by atoms with Crippen LogP contribution < -0.4 is 14.8 Å². The van der Waals surface area contributed by atoms with Crippen molar-refractivity contribution in [3.63, 3.8) is 0 Å². The molecule has 1 aliphatic rings. The molecule has 1 atom stereocenters. The van der Waals surface area contributed by atoms with Crippen molar-refractivity contribution in [1.82, 2.24) is 15.1 Å². The molecule has 0 fully saturated rings. The fourth-order valence-corrected chi connectivity index (χ4v) is 2.39. The molecule has 1 unspecified atom stereocenters. The third-order valence-corrected chi connectivity index (χ3v) is 3.61. The van der Waals surface area contributed by atoms with Crippen molar-refractivity contribution < 1.29 is 9.47 Å². The molecule has 3 rings (SSSR count). The second-order valence-corrected chi connectivity index (χ2v) is 5.13. The number of nitrogens with zero attached hydrogens (tertiary/aromatic N) is 2. The van der Waals surface area contributed by atoms with Gasteiger partial charge in [0.15, 0.2) is 11.5 Å². The minimum Gasteiger partial charge on any atom is -0.454 e. The van der Waals surface area contributed by atoms with Crippen molar-refractivity contribution in [3.8, 4) is 11.5 Å². The highest BCUT2D eigenvalue weighted by atomic mass is 16.7. The van der Waals surface area contributed by atoms with Crippen LogP contribution in [0.5, 0.6) is 11.5 Å². The average molecular weight is 273 g/mol. The summed E-state index contributed by atoms with van der Waals surface area (Å²) < 4.78 is 12.6. The van der Waals surface area contributed by atoms with E-state index in [-0.39, 0.29) is 6.04 Å². The van der Waals surface area contributed by atoms with Gasteiger partial charge in [-0.3, -0.25) is 4.68 Å². The molecular weight excluding hydrogens is 254 g/mol. The van der Waals surface area contributed by atoms with Crippen molar-refractivity contribution in [2.45, 2.75) is 26.4 Å². The van der Waals surface area contributed by atoms with E-state index in [1.807, 2.05) is 30.8 Å². The molecule has 5 nitrogen and oxygen atoms in total. The molecule has 2 heterocycles. The summed E-state index contributed by atoms with van der Waals surface area (Å²) in [7, 11) is 1.94. The Kier molecular flexibility index (Phi) is 3.36. The third-order valence-electron chi connectivity index (χ3n) is 3.61. The number of rotatable bonds is 4. The van der Waals surface area contributed by atoms with Gasteiger partial charge in [0.25, 0.3) is 0 Å². The summed E-state index contributed by atoms with van der Waals surface area (Å²) in [5.74, 6) is 1.65. The lowest BCUT2D eigenvalue weighted by Crippen LogP contribution is -2.18. The summed E-state index contributed by atoms with van der Waals surface area (Å²) in [6.07, 6.45) is 2.05. The number of hydrogen-bond acceptors (Lipinski definition) is 4. The fraction of sp³-hybridized carbons (Fsp3) is 0.400. The smallest absolute Gasteiger partial charge is 0.231 e. The van der Waals surface area contributed by atoms with Gasteiger partial charge in [-0.25, -0.2) is 0 Å². The van der Waals surface area contributed by atoms with E-state index in [1.54, 1.807) is 0 Å². The van der Waals surface area contributed by atoms with Gasteiger partial charge >= 0.3 is 0 Å². The van der Waals surface area contributed by atoms with Crippen LogP contribution in [0.1, 0.15) is 29.8 Å². The highest BCUT2D eigenvalue weighted by Gasteiger charge is 2.15. The molecule has 0 saturated heterocycles. The molecule has 1 aromatic carbocycles. The zero-order chi connectivity index (χ0) is 14.1. The molecule has 106 valence electrons. The molecular formula is C15H19N3O2. The first-order valence-electron chi connectivity index (χ1n) is 6.75. The molecule has 1 aliphatic heterocycles. The van der Waals surface area contributed by atoms with Crippen molar-refractivity contribution in [2.24, 2.45) is 7.05 Å². The van der Waals surface area contributed by atoms with Gasteiger partial charge in [0.2, 0.25) is 6.79 Å². The largest absolute Gasteiger partial charge is 0.454 e. The maximum Gasteiger partial charge on any atom is 0.231 e. The summed E-state index contributed by atoms with van der Waals surface area (Å²) >= 11 is 0. The first-order chi connectivity index (χ1) is 9.63. The minimum atomic E-state index is 0.240. The average Bonchev–Trinajstić information content (AvgIpc) is 3.01. The number of benzene rings is 1. The Morgan fingerprint density at radius 2 is 2.15 bits per heavy atom. The number of nitrogens with one attached hydrogen (secondary N) is 1. The van der Waals surface area contributed by atoms with Crippen molar-refractivity contribution >= 4 is 0 Å². The van der Waals surface area contributed by atoms with Gasteiger partial charge in [-0.1, -0.05) is 6.07 Å². The molecule has 1 N–H and O–H groups in total. The molecule has 0 radical (unpaired) electrons. The Hall–Kier alpha value is -2.01. The van der Waals surface area contributed by atoms with Gasteiger partial charge in [-0.05, 0) is 31.5 Å². The second kappa shape index (κ2) is 5.17. The predicted molar refractivity (Wildman–Crippen MR) is 75.8 cm³/mol. The molecule has 20 heavy (non-hydrogen) atoms. The van der Waals surface area contributed by atoms with Crippen LogP contribution in [0.15, 0.2) is 24.4 Å². The van der Waals surface area contributed by atoms with Crippen molar-refractivity contribution in [1.29, 1.82) is 0 Å². The lowest BCUT2D eigenvalue weighted by Gasteiger charge is -2.14. The zero-order valence-electron chi connectivity index (χ0n) is 12.0. The first-order valence-corrected chi connectivity index (χ1v) is 6.75. The second-order valence-electron chi connectivity index (χ2n) is 5.13. The zero-order valence-corrected chi connectivity index (χ0v) is 12.0. The molecule has 0 spiro atoms. The Morgan fingerprint density at radius 1 is 1.35 bits per heavy atom. The van der Waals surface area contributed by atoms with E-state index < -0.39 is 0 Å². The van der Waals surface area contributed by atoms with Crippen LogP contribution >= 0.6 is 0 Å². The first kappa shape index (κ1) is 13.0. The minimum absolute atomic E-state index is 0.240. The quantitative estimate of drug-likeness (QED) is 0.928. The van der Waals surface area contributed by atoms with Crippen LogP contribution in [0, 0.1) is 6.92 Å². The number of fused-ring (bicyclic) bond motifs is 1. The van der Waals surface area contributed by atoms with Gasteiger partial charge in [-0.2, -0.15) is 5.10 Å². The lowest BCUT2D eigenvalue weighted by atomic mass is 10.1. The van der Waals surface area contributed by atoms with Crippen molar-refractivity contribution in [2.75, 3.05) is 6.79 Å². The van der Waals surface area contributed by atoms with Gasteiger partial charge in [0.1, 0.15) is 0 Å². The van der Waals surface area contributed by atoms with Gasteiger partial charge < -0.3 is 14.8 Å². The van der Waals surface area contributed by atoms with Crippen molar-refractivity contribution in [3.05, 3.63) is 41.2 Å². The number of aromatic nitrogens is 2. The number of ether oxygens (including phenoxy) is 2. The maximum absolute atomic E-state index is 5.41. The normalized spacial score (nSPS) is 14.6. The maximum atomic E-state index is 5.41. The Morgan fingerprint density at radius 3 is 2.90 bits per heavy atom. The van der Waals surface area contributed by atoms with E-state index in [9.17, 15) is 0 Å². The van der Waals surface area contributed by atoms with Gasteiger partial charge in [0.05, 0.1) is 5.69 Å². The molecule has 2 aromatic rings. The summed E-state index contributed by atoms with van der Waals surface area (Å²) in [4.78, 5) is 0. The lowest BCUT2D eigenvalue weighted by molar-refractivity contribution is 0.174. The van der Waals surface area contributed by atoms with E-state index in [2.05, 4.69) is 29.6 Å².